The molecule has 1 aromatic carbocycles. The van der Waals surface area contributed by atoms with Gasteiger partial charge < -0.3 is 15.4 Å². The van der Waals surface area contributed by atoms with Crippen molar-refractivity contribution >= 4 is 11.8 Å². The van der Waals surface area contributed by atoms with Crippen molar-refractivity contribution in [2.75, 3.05) is 12.3 Å². The van der Waals surface area contributed by atoms with Crippen LogP contribution in [0.15, 0.2) is 12.1 Å². The number of ether oxygens (including phenoxy) is 1. The number of hydrogen-bond acceptors (Lipinski definition) is 4. The zero-order chi connectivity index (χ0) is 14.9. The molecule has 2 rings (SSSR count). The first-order valence-corrected chi connectivity index (χ1v) is 6.60. The molecule has 0 atom stereocenters. The van der Waals surface area contributed by atoms with E-state index in [0.29, 0.717) is 30.8 Å². The third kappa shape index (κ3) is 2.85. The number of nitrogens with two attached hydrogens (primary N) is 1. The molecule has 0 saturated heterocycles. The van der Waals surface area contributed by atoms with Crippen LogP contribution in [0.3, 0.4) is 0 Å². The summed E-state index contributed by atoms with van der Waals surface area (Å²) in [5, 5.41) is 9.17. The van der Waals surface area contributed by atoms with Crippen LogP contribution in [0.1, 0.15) is 37.5 Å². The standard InChI is InChI=1S/C15H19N3O2/c1-15(2,3)20-14(19)18-7-6-11-10(9-18)4-5-13(17)12(11)8-16/h4-5H,6-7,9,17H2,1-3H3. The third-order valence-electron chi connectivity index (χ3n) is 3.20. The molecule has 5 heteroatoms. The van der Waals surface area contributed by atoms with Crippen molar-refractivity contribution in [1.82, 2.24) is 4.90 Å². The lowest BCUT2D eigenvalue weighted by atomic mass is 9.94. The van der Waals surface area contributed by atoms with Gasteiger partial charge in [0, 0.05) is 18.8 Å². The number of carbonyl (C=O) groups is 1. The van der Waals surface area contributed by atoms with Gasteiger partial charge in [0.25, 0.3) is 0 Å². The van der Waals surface area contributed by atoms with Gasteiger partial charge >= 0.3 is 6.09 Å². The smallest absolute Gasteiger partial charge is 0.410 e. The molecule has 2 N–H and O–H groups in total. The minimum absolute atomic E-state index is 0.321. The van der Waals surface area contributed by atoms with Gasteiger partial charge in [-0.25, -0.2) is 4.79 Å². The Labute approximate surface area is 118 Å². The van der Waals surface area contributed by atoms with E-state index in [9.17, 15) is 4.79 Å². The van der Waals surface area contributed by atoms with E-state index in [4.69, 9.17) is 15.7 Å². The van der Waals surface area contributed by atoms with Gasteiger partial charge in [0.05, 0.1) is 5.56 Å². The molecule has 0 fully saturated rings. The molecule has 0 saturated carbocycles. The van der Waals surface area contributed by atoms with E-state index in [0.717, 1.165) is 11.1 Å². The Morgan fingerprint density at radius 1 is 1.45 bits per heavy atom. The number of fused-ring (bicyclic) bond motifs is 1. The molecule has 0 unspecified atom stereocenters. The highest BCUT2D eigenvalue weighted by atomic mass is 16.6. The van der Waals surface area contributed by atoms with E-state index >= 15 is 0 Å². The van der Waals surface area contributed by atoms with Crippen LogP contribution in [0.25, 0.3) is 0 Å². The number of amides is 1. The lowest BCUT2D eigenvalue weighted by Gasteiger charge is -2.31. The first-order valence-electron chi connectivity index (χ1n) is 6.60. The van der Waals surface area contributed by atoms with Crippen LogP contribution in [-0.2, 0) is 17.7 Å². The molecule has 1 aromatic rings. The lowest BCUT2D eigenvalue weighted by Crippen LogP contribution is -2.40. The predicted octanol–water partition coefficient (Wildman–Crippen LogP) is 2.43. The highest BCUT2D eigenvalue weighted by Gasteiger charge is 2.27. The molecule has 5 nitrogen and oxygen atoms in total. The summed E-state index contributed by atoms with van der Waals surface area (Å²) in [7, 11) is 0. The Morgan fingerprint density at radius 3 is 2.75 bits per heavy atom. The van der Waals surface area contributed by atoms with Gasteiger partial charge in [0.2, 0.25) is 0 Å². The number of nitriles is 1. The highest BCUT2D eigenvalue weighted by molar-refractivity contribution is 5.69. The molecule has 0 aliphatic carbocycles. The van der Waals surface area contributed by atoms with Crippen LogP contribution >= 0.6 is 0 Å². The molecule has 0 bridgehead atoms. The minimum Gasteiger partial charge on any atom is -0.444 e. The minimum atomic E-state index is -0.504. The van der Waals surface area contributed by atoms with Gasteiger partial charge in [-0.05, 0) is 44.4 Å². The Kier molecular flexibility index (Phi) is 3.58. The monoisotopic (exact) mass is 273 g/mol. The fraction of sp³-hybridized carbons (Fsp3) is 0.467. The Morgan fingerprint density at radius 2 is 2.15 bits per heavy atom. The third-order valence-corrected chi connectivity index (χ3v) is 3.20. The highest BCUT2D eigenvalue weighted by Crippen LogP contribution is 2.27. The molecule has 1 aliphatic heterocycles. The molecule has 1 heterocycles. The van der Waals surface area contributed by atoms with E-state index in [2.05, 4.69) is 6.07 Å². The number of nitrogens with zero attached hydrogens (tertiary/aromatic N) is 2. The van der Waals surface area contributed by atoms with Crippen molar-refractivity contribution < 1.29 is 9.53 Å². The lowest BCUT2D eigenvalue weighted by molar-refractivity contribution is 0.0224. The van der Waals surface area contributed by atoms with Gasteiger partial charge in [0.1, 0.15) is 11.7 Å². The first kappa shape index (κ1) is 14.2. The van der Waals surface area contributed by atoms with Crippen molar-refractivity contribution in [2.45, 2.75) is 39.3 Å². The molecular formula is C15H19N3O2. The van der Waals surface area contributed by atoms with E-state index in [1.54, 1.807) is 11.0 Å². The SMILES string of the molecule is CC(C)(C)OC(=O)N1CCc2c(ccc(N)c2C#N)C1. The molecule has 0 spiro atoms. The van der Waals surface area contributed by atoms with Gasteiger partial charge in [-0.2, -0.15) is 5.26 Å². The van der Waals surface area contributed by atoms with Gasteiger partial charge in [0.15, 0.2) is 0 Å². The second-order valence-corrected chi connectivity index (χ2v) is 5.93. The molecule has 106 valence electrons. The van der Waals surface area contributed by atoms with Crippen LogP contribution in [0, 0.1) is 11.3 Å². The maximum Gasteiger partial charge on any atom is 0.410 e. The first-order chi connectivity index (χ1) is 9.31. The van der Waals surface area contributed by atoms with Gasteiger partial charge in [-0.15, -0.1) is 0 Å². The second kappa shape index (κ2) is 5.04. The van der Waals surface area contributed by atoms with Gasteiger partial charge in [-0.3, -0.25) is 0 Å². The fourth-order valence-corrected chi connectivity index (χ4v) is 2.29. The van der Waals surface area contributed by atoms with Crippen LogP contribution < -0.4 is 5.73 Å². The second-order valence-electron chi connectivity index (χ2n) is 5.93. The zero-order valence-corrected chi connectivity index (χ0v) is 12.1. The normalized spacial score (nSPS) is 14.4. The number of rotatable bonds is 0. The summed E-state index contributed by atoms with van der Waals surface area (Å²) in [6.07, 6.45) is 0.307. The molecule has 1 amide bonds. The number of nitrogen functional groups attached to an aromatic ring is 1. The fourth-order valence-electron chi connectivity index (χ4n) is 2.29. The van der Waals surface area contributed by atoms with Crippen molar-refractivity contribution in [1.29, 1.82) is 5.26 Å². The van der Waals surface area contributed by atoms with E-state index in [1.165, 1.54) is 0 Å². The molecule has 0 radical (unpaired) electrons. The average molecular weight is 273 g/mol. The summed E-state index contributed by atoms with van der Waals surface area (Å²) in [5.74, 6) is 0. The van der Waals surface area contributed by atoms with Crippen molar-refractivity contribution in [2.24, 2.45) is 0 Å². The topological polar surface area (TPSA) is 79.3 Å². The number of benzene rings is 1. The van der Waals surface area contributed by atoms with Crippen molar-refractivity contribution in [3.63, 3.8) is 0 Å². The van der Waals surface area contributed by atoms with Gasteiger partial charge in [-0.1, -0.05) is 6.07 Å². The Hall–Kier alpha value is -2.22. The molecular weight excluding hydrogens is 254 g/mol. The van der Waals surface area contributed by atoms with Crippen LogP contribution in [0.5, 0.6) is 0 Å². The van der Waals surface area contributed by atoms with E-state index in [1.807, 2.05) is 26.8 Å². The number of hydrogen-bond donors (Lipinski definition) is 1. The summed E-state index contributed by atoms with van der Waals surface area (Å²) in [6.45, 7) is 6.53. The van der Waals surface area contributed by atoms with Crippen molar-refractivity contribution in [3.8, 4) is 6.07 Å². The van der Waals surface area contributed by atoms with Crippen LogP contribution in [0.4, 0.5) is 10.5 Å². The zero-order valence-electron chi connectivity index (χ0n) is 12.1. The van der Waals surface area contributed by atoms with Crippen molar-refractivity contribution in [3.05, 3.63) is 28.8 Å². The Bertz CT molecular complexity index is 582. The van der Waals surface area contributed by atoms with Crippen LogP contribution in [0.2, 0.25) is 0 Å². The summed E-state index contributed by atoms with van der Waals surface area (Å²) in [4.78, 5) is 13.7. The Balaban J connectivity index is 2.21. The molecule has 20 heavy (non-hydrogen) atoms. The summed E-state index contributed by atoms with van der Waals surface area (Å²) < 4.78 is 5.37. The molecule has 1 aliphatic rings. The maximum absolute atomic E-state index is 12.1. The molecule has 0 aromatic heterocycles. The van der Waals surface area contributed by atoms with E-state index in [-0.39, 0.29) is 6.09 Å². The quantitative estimate of drug-likeness (QED) is 0.736. The van der Waals surface area contributed by atoms with E-state index < -0.39 is 5.60 Å². The maximum atomic E-state index is 12.1. The predicted molar refractivity (Wildman–Crippen MR) is 75.9 cm³/mol. The summed E-state index contributed by atoms with van der Waals surface area (Å²) >= 11 is 0. The largest absolute Gasteiger partial charge is 0.444 e. The number of anilines is 1. The summed E-state index contributed by atoms with van der Waals surface area (Å²) in [5.41, 5.74) is 8.25. The number of carbonyl (C=O) groups excluding carboxylic acids is 1. The van der Waals surface area contributed by atoms with Crippen LogP contribution in [-0.4, -0.2) is 23.1 Å². The average Bonchev–Trinajstić information content (AvgIpc) is 2.36. The summed E-state index contributed by atoms with van der Waals surface area (Å²) in [6, 6.07) is 5.74.